The van der Waals surface area contributed by atoms with Crippen molar-refractivity contribution in [3.05, 3.63) is 59.2 Å². The second kappa shape index (κ2) is 5.90. The summed E-state index contributed by atoms with van der Waals surface area (Å²) in [5.74, 6) is 0.450. The molecule has 0 saturated heterocycles. The Balaban J connectivity index is 2.28. The predicted molar refractivity (Wildman–Crippen MR) is 87.0 cm³/mol. The molecular weight excluding hydrogens is 282 g/mol. The van der Waals surface area contributed by atoms with E-state index in [0.717, 1.165) is 5.56 Å². The van der Waals surface area contributed by atoms with E-state index >= 15 is 0 Å². The number of sulfone groups is 1. The van der Waals surface area contributed by atoms with E-state index < -0.39 is 9.84 Å². The van der Waals surface area contributed by atoms with Crippen molar-refractivity contribution in [1.29, 1.82) is 0 Å². The van der Waals surface area contributed by atoms with Crippen LogP contribution in [0.1, 0.15) is 36.5 Å². The third-order valence-corrected chi connectivity index (χ3v) is 5.38. The largest absolute Gasteiger partial charge is 0.399 e. The standard InChI is InChI=1S/C17H21NO2S/c1-12(2)15-6-4-14(5-7-15)11-21(19,20)17-9-8-16(18)10-13(17)3/h4-10,12H,11,18H2,1-3H3. The van der Waals surface area contributed by atoms with Crippen LogP contribution in [0, 0.1) is 6.92 Å². The van der Waals surface area contributed by atoms with Gasteiger partial charge in [-0.15, -0.1) is 0 Å². The molecule has 0 radical (unpaired) electrons. The van der Waals surface area contributed by atoms with Crippen LogP contribution < -0.4 is 5.73 Å². The number of aryl methyl sites for hydroxylation is 1. The first-order chi connectivity index (χ1) is 9.79. The van der Waals surface area contributed by atoms with Gasteiger partial charge in [-0.25, -0.2) is 8.42 Å². The van der Waals surface area contributed by atoms with Gasteiger partial charge in [-0.2, -0.15) is 0 Å². The SMILES string of the molecule is Cc1cc(N)ccc1S(=O)(=O)Cc1ccc(C(C)C)cc1. The van der Waals surface area contributed by atoms with Crippen molar-refractivity contribution in [3.63, 3.8) is 0 Å². The first-order valence-electron chi connectivity index (χ1n) is 6.97. The van der Waals surface area contributed by atoms with E-state index in [2.05, 4.69) is 13.8 Å². The van der Waals surface area contributed by atoms with Crippen LogP contribution in [0.25, 0.3) is 0 Å². The molecule has 0 aliphatic rings. The summed E-state index contributed by atoms with van der Waals surface area (Å²) in [5.41, 5.74) is 8.95. The molecule has 0 saturated carbocycles. The minimum atomic E-state index is -3.35. The highest BCUT2D eigenvalue weighted by Gasteiger charge is 2.18. The molecule has 3 nitrogen and oxygen atoms in total. The zero-order valence-corrected chi connectivity index (χ0v) is 13.4. The van der Waals surface area contributed by atoms with Crippen LogP contribution in [-0.2, 0) is 15.6 Å². The fourth-order valence-electron chi connectivity index (χ4n) is 2.32. The highest BCUT2D eigenvalue weighted by Crippen LogP contribution is 2.23. The number of nitrogen functional groups attached to an aromatic ring is 1. The van der Waals surface area contributed by atoms with Crippen molar-refractivity contribution in [1.82, 2.24) is 0 Å². The molecule has 4 heteroatoms. The third-order valence-electron chi connectivity index (χ3n) is 3.54. The van der Waals surface area contributed by atoms with E-state index in [1.807, 2.05) is 24.3 Å². The smallest absolute Gasteiger partial charge is 0.182 e. The third kappa shape index (κ3) is 3.64. The average Bonchev–Trinajstić information content (AvgIpc) is 2.38. The van der Waals surface area contributed by atoms with Crippen molar-refractivity contribution >= 4 is 15.5 Å². The maximum Gasteiger partial charge on any atom is 0.182 e. The van der Waals surface area contributed by atoms with Gasteiger partial charge in [0.15, 0.2) is 9.84 Å². The maximum atomic E-state index is 12.5. The zero-order valence-electron chi connectivity index (χ0n) is 12.6. The number of anilines is 1. The van der Waals surface area contributed by atoms with Gasteiger partial charge in [0.2, 0.25) is 0 Å². The summed E-state index contributed by atoms with van der Waals surface area (Å²) in [6.45, 7) is 6.00. The van der Waals surface area contributed by atoms with Crippen LogP contribution in [-0.4, -0.2) is 8.42 Å². The summed E-state index contributed by atoms with van der Waals surface area (Å²) in [7, 11) is -3.35. The second-order valence-electron chi connectivity index (χ2n) is 5.68. The van der Waals surface area contributed by atoms with Crippen molar-refractivity contribution in [2.24, 2.45) is 0 Å². The predicted octanol–water partition coefficient (Wildman–Crippen LogP) is 3.67. The maximum absolute atomic E-state index is 12.5. The normalized spacial score (nSPS) is 11.8. The van der Waals surface area contributed by atoms with Crippen molar-refractivity contribution in [3.8, 4) is 0 Å². The van der Waals surface area contributed by atoms with Gasteiger partial charge in [-0.05, 0) is 47.7 Å². The Labute approximate surface area is 126 Å². The fraction of sp³-hybridized carbons (Fsp3) is 0.294. The van der Waals surface area contributed by atoms with Crippen molar-refractivity contribution in [2.75, 3.05) is 5.73 Å². The highest BCUT2D eigenvalue weighted by molar-refractivity contribution is 7.90. The molecule has 0 atom stereocenters. The van der Waals surface area contributed by atoms with E-state index in [4.69, 9.17) is 5.73 Å². The minimum Gasteiger partial charge on any atom is -0.399 e. The molecule has 2 rings (SSSR count). The van der Waals surface area contributed by atoms with Crippen LogP contribution in [0.3, 0.4) is 0 Å². The average molecular weight is 303 g/mol. The van der Waals surface area contributed by atoms with Crippen molar-refractivity contribution in [2.45, 2.75) is 37.3 Å². The Morgan fingerprint density at radius 1 is 1.05 bits per heavy atom. The zero-order chi connectivity index (χ0) is 15.6. The van der Waals surface area contributed by atoms with Gasteiger partial charge in [0.25, 0.3) is 0 Å². The molecule has 112 valence electrons. The van der Waals surface area contributed by atoms with E-state index in [0.29, 0.717) is 22.1 Å². The minimum absolute atomic E-state index is 0.0101. The monoisotopic (exact) mass is 303 g/mol. The second-order valence-corrected chi connectivity index (χ2v) is 7.64. The van der Waals surface area contributed by atoms with Crippen LogP contribution in [0.2, 0.25) is 0 Å². The molecular formula is C17H21NO2S. The number of benzene rings is 2. The molecule has 2 aromatic carbocycles. The Bertz CT molecular complexity index is 732. The number of nitrogens with two attached hydrogens (primary N) is 1. The molecule has 0 bridgehead atoms. The lowest BCUT2D eigenvalue weighted by atomic mass is 10.0. The Kier molecular flexibility index (Phi) is 4.37. The van der Waals surface area contributed by atoms with Gasteiger partial charge in [0, 0.05) is 5.69 Å². The number of hydrogen-bond acceptors (Lipinski definition) is 3. The van der Waals surface area contributed by atoms with Crippen LogP contribution in [0.15, 0.2) is 47.4 Å². The molecule has 0 spiro atoms. The van der Waals surface area contributed by atoms with Gasteiger partial charge < -0.3 is 5.73 Å². The highest BCUT2D eigenvalue weighted by atomic mass is 32.2. The van der Waals surface area contributed by atoms with Gasteiger partial charge in [0.05, 0.1) is 10.6 Å². The van der Waals surface area contributed by atoms with Crippen LogP contribution >= 0.6 is 0 Å². The lowest BCUT2D eigenvalue weighted by Crippen LogP contribution is -2.07. The molecule has 0 amide bonds. The Hall–Kier alpha value is -1.81. The molecule has 0 unspecified atom stereocenters. The lowest BCUT2D eigenvalue weighted by Gasteiger charge is -2.10. The van der Waals surface area contributed by atoms with Crippen LogP contribution in [0.4, 0.5) is 5.69 Å². The van der Waals surface area contributed by atoms with E-state index in [1.165, 1.54) is 5.56 Å². The molecule has 2 aromatic rings. The topological polar surface area (TPSA) is 60.2 Å². The van der Waals surface area contributed by atoms with Gasteiger partial charge >= 0.3 is 0 Å². The lowest BCUT2D eigenvalue weighted by molar-refractivity contribution is 0.594. The molecule has 0 fully saturated rings. The van der Waals surface area contributed by atoms with Crippen molar-refractivity contribution < 1.29 is 8.42 Å². The Morgan fingerprint density at radius 2 is 1.67 bits per heavy atom. The van der Waals surface area contributed by atoms with Gasteiger partial charge in [-0.1, -0.05) is 38.1 Å². The first kappa shape index (κ1) is 15.6. The summed E-state index contributed by atoms with van der Waals surface area (Å²) in [6.07, 6.45) is 0. The molecule has 21 heavy (non-hydrogen) atoms. The van der Waals surface area contributed by atoms with E-state index in [-0.39, 0.29) is 5.75 Å². The van der Waals surface area contributed by atoms with Crippen LogP contribution in [0.5, 0.6) is 0 Å². The summed E-state index contributed by atoms with van der Waals surface area (Å²) < 4.78 is 25.0. The van der Waals surface area contributed by atoms with Gasteiger partial charge in [0.1, 0.15) is 0 Å². The summed E-state index contributed by atoms with van der Waals surface area (Å²) in [6, 6.07) is 12.7. The number of hydrogen-bond donors (Lipinski definition) is 1. The molecule has 0 aliphatic carbocycles. The molecule has 0 heterocycles. The van der Waals surface area contributed by atoms with E-state index in [1.54, 1.807) is 25.1 Å². The molecule has 0 aliphatic heterocycles. The van der Waals surface area contributed by atoms with Gasteiger partial charge in [-0.3, -0.25) is 0 Å². The molecule has 0 aromatic heterocycles. The number of rotatable bonds is 4. The summed E-state index contributed by atoms with van der Waals surface area (Å²) in [5, 5.41) is 0. The first-order valence-corrected chi connectivity index (χ1v) is 8.62. The summed E-state index contributed by atoms with van der Waals surface area (Å²) >= 11 is 0. The van der Waals surface area contributed by atoms with E-state index in [9.17, 15) is 8.42 Å². The molecule has 2 N–H and O–H groups in total. The fourth-order valence-corrected chi connectivity index (χ4v) is 3.93. The quantitative estimate of drug-likeness (QED) is 0.877. The Morgan fingerprint density at radius 3 is 2.19 bits per heavy atom. The summed E-state index contributed by atoms with van der Waals surface area (Å²) in [4.78, 5) is 0.352.